The van der Waals surface area contributed by atoms with E-state index in [9.17, 15) is 10.1 Å². The van der Waals surface area contributed by atoms with Gasteiger partial charge in [0.1, 0.15) is 6.07 Å². The van der Waals surface area contributed by atoms with Crippen molar-refractivity contribution in [2.75, 3.05) is 50.7 Å². The lowest BCUT2D eigenvalue weighted by Crippen LogP contribution is -2.49. The summed E-state index contributed by atoms with van der Waals surface area (Å²) in [5.74, 6) is 0.743. The summed E-state index contributed by atoms with van der Waals surface area (Å²) >= 11 is 0. The molecule has 2 fully saturated rings. The quantitative estimate of drug-likeness (QED) is 0.802. The van der Waals surface area contributed by atoms with Crippen LogP contribution >= 0.6 is 0 Å². The number of amides is 1. The first-order valence-corrected chi connectivity index (χ1v) is 10.7. The third-order valence-electron chi connectivity index (χ3n) is 6.43. The summed E-state index contributed by atoms with van der Waals surface area (Å²) in [4.78, 5) is 23.9. The van der Waals surface area contributed by atoms with Gasteiger partial charge in [0, 0.05) is 57.3 Å². The lowest BCUT2D eigenvalue weighted by atomic mass is 9.92. The van der Waals surface area contributed by atoms with E-state index in [0.29, 0.717) is 23.8 Å². The highest BCUT2D eigenvalue weighted by molar-refractivity contribution is 5.94. The van der Waals surface area contributed by atoms with E-state index in [1.807, 2.05) is 29.2 Å². The summed E-state index contributed by atoms with van der Waals surface area (Å²) < 4.78 is 0. The molecule has 152 valence electrons. The van der Waals surface area contributed by atoms with E-state index in [4.69, 9.17) is 0 Å². The Bertz CT molecular complexity index is 905. The first kappa shape index (κ1) is 19.7. The Morgan fingerprint density at radius 2 is 1.86 bits per heavy atom. The lowest BCUT2D eigenvalue weighted by Gasteiger charge is -2.37. The van der Waals surface area contributed by atoms with Crippen LogP contribution in [0.25, 0.3) is 10.9 Å². The maximum atomic E-state index is 12.7. The lowest BCUT2D eigenvalue weighted by molar-refractivity contribution is -0.134. The van der Waals surface area contributed by atoms with E-state index in [1.165, 1.54) is 0 Å². The van der Waals surface area contributed by atoms with Gasteiger partial charge in [-0.05, 0) is 31.4 Å². The fourth-order valence-corrected chi connectivity index (χ4v) is 4.60. The molecule has 2 aliphatic heterocycles. The molecule has 1 aromatic carbocycles. The first-order chi connectivity index (χ1) is 14.2. The number of nitrogens with zero attached hydrogens (tertiary/aromatic N) is 5. The van der Waals surface area contributed by atoms with Crippen molar-refractivity contribution in [3.8, 4) is 6.07 Å². The number of piperazine rings is 1. The zero-order chi connectivity index (χ0) is 20.2. The van der Waals surface area contributed by atoms with Gasteiger partial charge < -0.3 is 14.7 Å². The van der Waals surface area contributed by atoms with Gasteiger partial charge in [0.15, 0.2) is 0 Å². The number of fused-ring (bicyclic) bond motifs is 1. The molecule has 6 heteroatoms. The normalized spacial score (nSPS) is 18.8. The highest BCUT2D eigenvalue weighted by atomic mass is 16.2. The van der Waals surface area contributed by atoms with Crippen molar-refractivity contribution in [3.05, 3.63) is 36.0 Å². The van der Waals surface area contributed by atoms with Crippen LogP contribution in [-0.4, -0.2) is 66.5 Å². The van der Waals surface area contributed by atoms with Crippen molar-refractivity contribution < 1.29 is 4.79 Å². The fourth-order valence-electron chi connectivity index (χ4n) is 4.60. The Hall–Kier alpha value is -2.65. The predicted molar refractivity (Wildman–Crippen MR) is 115 cm³/mol. The maximum absolute atomic E-state index is 12.7. The second-order valence-corrected chi connectivity index (χ2v) is 8.10. The van der Waals surface area contributed by atoms with Crippen molar-refractivity contribution in [2.45, 2.75) is 26.2 Å². The standard InChI is InChI=1S/C23H29N5O/c1-2-26-11-13-27(14-12-26)22(29)15-18-7-9-28(10-8-18)23-19(16-24)17-25-21-6-4-3-5-20(21)23/h3-6,17-18H,2,7-15H2,1H3. The number of carbonyl (C=O) groups is 1. The summed E-state index contributed by atoms with van der Waals surface area (Å²) in [6.07, 6.45) is 4.32. The van der Waals surface area contributed by atoms with Crippen LogP contribution in [0, 0.1) is 17.2 Å². The van der Waals surface area contributed by atoms with E-state index in [2.05, 4.69) is 27.8 Å². The Labute approximate surface area is 172 Å². The van der Waals surface area contributed by atoms with Crippen LogP contribution in [0.5, 0.6) is 0 Å². The van der Waals surface area contributed by atoms with Gasteiger partial charge >= 0.3 is 0 Å². The van der Waals surface area contributed by atoms with E-state index in [-0.39, 0.29) is 0 Å². The van der Waals surface area contributed by atoms with Crippen LogP contribution in [0.1, 0.15) is 31.7 Å². The molecule has 2 aromatic rings. The Morgan fingerprint density at radius 3 is 2.55 bits per heavy atom. The molecular formula is C23H29N5O. The smallest absolute Gasteiger partial charge is 0.222 e. The number of hydrogen-bond donors (Lipinski definition) is 0. The van der Waals surface area contributed by atoms with Crippen molar-refractivity contribution in [1.29, 1.82) is 5.26 Å². The average molecular weight is 392 g/mol. The van der Waals surface area contributed by atoms with Gasteiger partial charge in [-0.1, -0.05) is 25.1 Å². The fraction of sp³-hybridized carbons (Fsp3) is 0.522. The van der Waals surface area contributed by atoms with Gasteiger partial charge in [-0.3, -0.25) is 9.78 Å². The largest absolute Gasteiger partial charge is 0.370 e. The molecule has 29 heavy (non-hydrogen) atoms. The number of carbonyl (C=O) groups excluding carboxylic acids is 1. The highest BCUT2D eigenvalue weighted by Gasteiger charge is 2.27. The molecule has 0 spiro atoms. The number of anilines is 1. The number of nitriles is 1. The SMILES string of the molecule is CCN1CCN(C(=O)CC2CCN(c3c(C#N)cnc4ccccc34)CC2)CC1. The van der Waals surface area contributed by atoms with Crippen LogP contribution < -0.4 is 4.90 Å². The monoisotopic (exact) mass is 391 g/mol. The third-order valence-corrected chi connectivity index (χ3v) is 6.43. The average Bonchev–Trinajstić information content (AvgIpc) is 2.79. The molecular weight excluding hydrogens is 362 g/mol. The third kappa shape index (κ3) is 4.20. The highest BCUT2D eigenvalue weighted by Crippen LogP contribution is 2.33. The van der Waals surface area contributed by atoms with E-state index < -0.39 is 0 Å². The van der Waals surface area contributed by atoms with E-state index >= 15 is 0 Å². The zero-order valence-electron chi connectivity index (χ0n) is 17.2. The minimum absolute atomic E-state index is 0.311. The molecule has 0 atom stereocenters. The van der Waals surface area contributed by atoms with Gasteiger partial charge in [0.2, 0.25) is 5.91 Å². The number of aromatic nitrogens is 1. The molecule has 1 amide bonds. The molecule has 0 saturated carbocycles. The van der Waals surface area contributed by atoms with Gasteiger partial charge in [-0.25, -0.2) is 0 Å². The summed E-state index contributed by atoms with van der Waals surface area (Å²) in [5, 5.41) is 10.6. The van der Waals surface area contributed by atoms with Crippen molar-refractivity contribution in [2.24, 2.45) is 5.92 Å². The Morgan fingerprint density at radius 1 is 1.14 bits per heavy atom. The molecule has 4 rings (SSSR count). The minimum atomic E-state index is 0.311. The summed E-state index contributed by atoms with van der Waals surface area (Å²) in [7, 11) is 0. The molecule has 1 aromatic heterocycles. The minimum Gasteiger partial charge on any atom is -0.370 e. The van der Waals surface area contributed by atoms with Crippen LogP contribution in [0.2, 0.25) is 0 Å². The first-order valence-electron chi connectivity index (χ1n) is 10.7. The number of pyridine rings is 1. The molecule has 6 nitrogen and oxygen atoms in total. The molecule has 0 unspecified atom stereocenters. The zero-order valence-corrected chi connectivity index (χ0v) is 17.2. The van der Waals surface area contributed by atoms with Gasteiger partial charge in [-0.2, -0.15) is 5.26 Å². The van der Waals surface area contributed by atoms with Crippen molar-refractivity contribution >= 4 is 22.5 Å². The Balaban J connectivity index is 1.39. The van der Waals surface area contributed by atoms with Crippen molar-refractivity contribution in [1.82, 2.24) is 14.8 Å². The number of hydrogen-bond acceptors (Lipinski definition) is 5. The maximum Gasteiger partial charge on any atom is 0.222 e. The van der Waals surface area contributed by atoms with E-state index in [1.54, 1.807) is 6.20 Å². The van der Waals surface area contributed by atoms with Gasteiger partial charge in [-0.15, -0.1) is 0 Å². The number of rotatable bonds is 4. The van der Waals surface area contributed by atoms with Crippen LogP contribution in [-0.2, 0) is 4.79 Å². The molecule has 3 heterocycles. The summed E-state index contributed by atoms with van der Waals surface area (Å²) in [6, 6.07) is 10.3. The number of para-hydroxylation sites is 1. The van der Waals surface area contributed by atoms with Crippen LogP contribution in [0.15, 0.2) is 30.5 Å². The van der Waals surface area contributed by atoms with Crippen LogP contribution in [0.3, 0.4) is 0 Å². The number of likely N-dealkylation sites (N-methyl/N-ethyl adjacent to an activating group) is 1. The van der Waals surface area contributed by atoms with Crippen molar-refractivity contribution in [3.63, 3.8) is 0 Å². The number of benzene rings is 1. The topological polar surface area (TPSA) is 63.5 Å². The molecule has 0 bridgehead atoms. The molecule has 0 N–H and O–H groups in total. The van der Waals surface area contributed by atoms with Gasteiger partial charge in [0.25, 0.3) is 0 Å². The molecule has 0 radical (unpaired) electrons. The van der Waals surface area contributed by atoms with Gasteiger partial charge in [0.05, 0.1) is 16.8 Å². The second kappa shape index (κ2) is 8.79. The Kier molecular flexibility index (Phi) is 5.96. The van der Waals surface area contributed by atoms with Crippen LogP contribution in [0.4, 0.5) is 5.69 Å². The molecule has 2 saturated heterocycles. The molecule has 0 aliphatic carbocycles. The summed E-state index contributed by atoms with van der Waals surface area (Å²) in [5.41, 5.74) is 2.55. The number of piperidine rings is 1. The second-order valence-electron chi connectivity index (χ2n) is 8.10. The molecule has 2 aliphatic rings. The summed E-state index contributed by atoms with van der Waals surface area (Å²) in [6.45, 7) is 8.71. The van der Waals surface area contributed by atoms with E-state index in [0.717, 1.165) is 75.2 Å². The predicted octanol–water partition coefficient (Wildman–Crippen LogP) is 2.88.